The third kappa shape index (κ3) is 7.74. The lowest BCUT2D eigenvalue weighted by molar-refractivity contribution is -0.142. The number of primary sulfonamides is 1. The van der Waals surface area contributed by atoms with Gasteiger partial charge in [-0.3, -0.25) is 9.52 Å². The molecular formula is C24H20N4O7S2. The number of nitrogens with one attached hydrogen (secondary N) is 2. The lowest BCUT2D eigenvalue weighted by atomic mass is 10.2. The molecule has 0 aliphatic carbocycles. The Balaban J connectivity index is 1.55. The second kappa shape index (κ2) is 11.5. The van der Waals surface area contributed by atoms with Crippen LogP contribution in [-0.2, 0) is 34.4 Å². The minimum Gasteiger partial charge on any atom is -0.452 e. The number of hydrogen-bond acceptors (Lipinski definition) is 8. The number of esters is 1. The summed E-state index contributed by atoms with van der Waals surface area (Å²) < 4.78 is 55.0. The quantitative estimate of drug-likeness (QED) is 0.272. The summed E-state index contributed by atoms with van der Waals surface area (Å²) in [5.41, 5.74) is 1.19. The molecule has 4 N–H and O–H groups in total. The zero-order chi connectivity index (χ0) is 27.1. The Hall–Kier alpha value is -4.51. The molecule has 0 aliphatic heterocycles. The number of carbonyl (C=O) groups is 2. The lowest BCUT2D eigenvalue weighted by Crippen LogP contribution is -2.20. The predicted octanol–water partition coefficient (Wildman–Crippen LogP) is 2.20. The van der Waals surface area contributed by atoms with Crippen molar-refractivity contribution in [3.63, 3.8) is 0 Å². The number of hydrogen-bond donors (Lipinski definition) is 3. The molecule has 0 fully saturated rings. The molecule has 0 aromatic heterocycles. The fraction of sp³-hybridized carbons (Fsp3) is 0.0417. The van der Waals surface area contributed by atoms with E-state index < -0.39 is 38.5 Å². The van der Waals surface area contributed by atoms with E-state index in [1.54, 1.807) is 18.2 Å². The number of nitrogens with zero attached hydrogens (tertiary/aromatic N) is 1. The maximum Gasteiger partial charge on any atom is 0.331 e. The number of anilines is 2. The SMILES string of the molecule is N#Cc1ccccc1NC(=O)COC(=O)/C=C/c1ccc(S(=O)(=O)Nc2ccc(S(N)(=O)=O)cc2)cc1. The van der Waals surface area contributed by atoms with Gasteiger partial charge in [-0.15, -0.1) is 0 Å². The van der Waals surface area contributed by atoms with Crippen molar-refractivity contribution < 1.29 is 31.2 Å². The van der Waals surface area contributed by atoms with E-state index in [-0.39, 0.29) is 21.0 Å². The molecule has 3 rings (SSSR count). The van der Waals surface area contributed by atoms with E-state index in [0.717, 1.165) is 6.08 Å². The summed E-state index contributed by atoms with van der Waals surface area (Å²) in [4.78, 5) is 23.7. The number of para-hydroxylation sites is 1. The summed E-state index contributed by atoms with van der Waals surface area (Å²) in [5, 5.41) is 16.5. The number of amides is 1. The van der Waals surface area contributed by atoms with Crippen molar-refractivity contribution in [2.45, 2.75) is 9.79 Å². The topological polar surface area (TPSA) is 186 Å². The molecule has 0 aliphatic rings. The number of benzene rings is 3. The highest BCUT2D eigenvalue weighted by atomic mass is 32.2. The van der Waals surface area contributed by atoms with Crippen LogP contribution in [0.3, 0.4) is 0 Å². The van der Waals surface area contributed by atoms with Crippen LogP contribution in [0.2, 0.25) is 0 Å². The van der Waals surface area contributed by atoms with Crippen molar-refractivity contribution in [1.82, 2.24) is 0 Å². The van der Waals surface area contributed by atoms with E-state index in [4.69, 9.17) is 15.1 Å². The number of nitrogens with two attached hydrogens (primary N) is 1. The zero-order valence-electron chi connectivity index (χ0n) is 19.0. The van der Waals surface area contributed by atoms with Crippen LogP contribution in [-0.4, -0.2) is 35.3 Å². The zero-order valence-corrected chi connectivity index (χ0v) is 20.6. The molecule has 13 heteroatoms. The van der Waals surface area contributed by atoms with Crippen molar-refractivity contribution in [1.29, 1.82) is 5.26 Å². The first-order valence-corrected chi connectivity index (χ1v) is 13.4. The Kier molecular flexibility index (Phi) is 8.41. The van der Waals surface area contributed by atoms with Crippen LogP contribution in [0, 0.1) is 11.3 Å². The third-order valence-corrected chi connectivity index (χ3v) is 7.03. The normalized spacial score (nSPS) is 11.5. The molecule has 0 radical (unpaired) electrons. The highest BCUT2D eigenvalue weighted by Gasteiger charge is 2.15. The van der Waals surface area contributed by atoms with Gasteiger partial charge >= 0.3 is 5.97 Å². The average molecular weight is 541 g/mol. The Morgan fingerprint density at radius 3 is 2.16 bits per heavy atom. The number of sulfonamides is 2. The van der Waals surface area contributed by atoms with Crippen LogP contribution in [0.5, 0.6) is 0 Å². The molecule has 0 heterocycles. The summed E-state index contributed by atoms with van der Waals surface area (Å²) in [7, 11) is -7.87. The third-order valence-electron chi connectivity index (χ3n) is 4.70. The van der Waals surface area contributed by atoms with Crippen LogP contribution in [0.25, 0.3) is 6.08 Å². The van der Waals surface area contributed by atoms with Gasteiger partial charge in [0.05, 0.1) is 21.0 Å². The molecule has 190 valence electrons. The van der Waals surface area contributed by atoms with Gasteiger partial charge in [0.25, 0.3) is 15.9 Å². The average Bonchev–Trinajstić information content (AvgIpc) is 2.86. The largest absolute Gasteiger partial charge is 0.452 e. The summed E-state index contributed by atoms with van der Waals surface area (Å²) in [6.45, 7) is -0.565. The minimum absolute atomic E-state index is 0.0722. The first-order valence-electron chi connectivity index (χ1n) is 10.4. The maximum absolute atomic E-state index is 12.6. The molecule has 1 amide bonds. The summed E-state index contributed by atoms with van der Waals surface area (Å²) in [6.07, 6.45) is 2.45. The summed E-state index contributed by atoms with van der Waals surface area (Å²) in [5.74, 6) is -1.42. The van der Waals surface area contributed by atoms with Gasteiger partial charge in [0.2, 0.25) is 10.0 Å². The monoisotopic (exact) mass is 540 g/mol. The van der Waals surface area contributed by atoms with Gasteiger partial charge in [-0.25, -0.2) is 26.8 Å². The number of nitriles is 1. The van der Waals surface area contributed by atoms with Crippen molar-refractivity contribution >= 4 is 49.4 Å². The number of rotatable bonds is 9. The Bertz CT molecular complexity index is 1590. The number of ether oxygens (including phenoxy) is 1. The lowest BCUT2D eigenvalue weighted by Gasteiger charge is -2.09. The minimum atomic E-state index is -3.97. The first kappa shape index (κ1) is 27.1. The molecule has 0 atom stereocenters. The molecule has 0 unspecified atom stereocenters. The molecule has 0 saturated carbocycles. The van der Waals surface area contributed by atoms with E-state index in [2.05, 4.69) is 10.0 Å². The van der Waals surface area contributed by atoms with Crippen LogP contribution in [0.4, 0.5) is 11.4 Å². The van der Waals surface area contributed by atoms with Crippen molar-refractivity contribution in [2.24, 2.45) is 5.14 Å². The molecular weight excluding hydrogens is 520 g/mol. The van der Waals surface area contributed by atoms with Gasteiger partial charge in [-0.05, 0) is 60.2 Å². The highest BCUT2D eigenvalue weighted by Crippen LogP contribution is 2.19. The molecule has 0 bridgehead atoms. The van der Waals surface area contributed by atoms with Gasteiger partial charge in [0.15, 0.2) is 6.61 Å². The smallest absolute Gasteiger partial charge is 0.331 e. The molecule has 3 aromatic carbocycles. The van der Waals surface area contributed by atoms with Gasteiger partial charge in [-0.2, -0.15) is 5.26 Å². The van der Waals surface area contributed by atoms with Crippen molar-refractivity contribution in [3.8, 4) is 6.07 Å². The van der Waals surface area contributed by atoms with E-state index in [9.17, 15) is 26.4 Å². The fourth-order valence-corrected chi connectivity index (χ4v) is 4.48. The van der Waals surface area contributed by atoms with Crippen molar-refractivity contribution in [2.75, 3.05) is 16.6 Å². The maximum atomic E-state index is 12.6. The molecule has 3 aromatic rings. The van der Waals surface area contributed by atoms with E-state index in [1.165, 1.54) is 60.7 Å². The van der Waals surface area contributed by atoms with Crippen molar-refractivity contribution in [3.05, 3.63) is 90.0 Å². The second-order valence-corrected chi connectivity index (χ2v) is 10.6. The van der Waals surface area contributed by atoms with Gasteiger partial charge in [-0.1, -0.05) is 24.3 Å². The molecule has 0 saturated heterocycles. The molecule has 11 nitrogen and oxygen atoms in total. The Labute approximate surface area is 213 Å². The predicted molar refractivity (Wildman–Crippen MR) is 135 cm³/mol. The molecule has 37 heavy (non-hydrogen) atoms. The van der Waals surface area contributed by atoms with Crippen LogP contribution < -0.4 is 15.2 Å². The Morgan fingerprint density at radius 2 is 1.54 bits per heavy atom. The van der Waals surface area contributed by atoms with Gasteiger partial charge in [0, 0.05) is 11.8 Å². The molecule has 0 spiro atoms. The van der Waals surface area contributed by atoms with E-state index in [0.29, 0.717) is 11.3 Å². The Morgan fingerprint density at radius 1 is 0.919 bits per heavy atom. The van der Waals surface area contributed by atoms with Crippen LogP contribution in [0.1, 0.15) is 11.1 Å². The standard InChI is InChI=1S/C24H20N4O7S2/c25-15-18-3-1-2-4-22(18)27-23(29)16-35-24(30)14-7-17-5-10-21(11-6-17)37(33,34)28-19-8-12-20(13-9-19)36(26,31)32/h1-14,28H,16H2,(H,27,29)(H2,26,31,32)/b14-7+. The van der Waals surface area contributed by atoms with E-state index in [1.807, 2.05) is 6.07 Å². The van der Waals surface area contributed by atoms with Gasteiger partial charge in [0.1, 0.15) is 6.07 Å². The summed E-state index contributed by atoms with van der Waals surface area (Å²) in [6, 6.07) is 18.7. The van der Waals surface area contributed by atoms with Crippen LogP contribution in [0.15, 0.2) is 88.7 Å². The number of carbonyl (C=O) groups excluding carboxylic acids is 2. The van der Waals surface area contributed by atoms with Gasteiger partial charge < -0.3 is 10.1 Å². The van der Waals surface area contributed by atoms with E-state index >= 15 is 0 Å². The summed E-state index contributed by atoms with van der Waals surface area (Å²) >= 11 is 0. The van der Waals surface area contributed by atoms with Crippen LogP contribution >= 0.6 is 0 Å². The fourth-order valence-electron chi connectivity index (χ4n) is 2.91. The first-order chi connectivity index (χ1) is 17.5. The highest BCUT2D eigenvalue weighted by molar-refractivity contribution is 7.92. The second-order valence-electron chi connectivity index (χ2n) is 7.39.